The first-order valence-corrected chi connectivity index (χ1v) is 10.7. The highest BCUT2D eigenvalue weighted by Gasteiger charge is 2.33. The molecule has 1 heterocycles. The van der Waals surface area contributed by atoms with Gasteiger partial charge in [0.05, 0.1) is 5.92 Å². The molecule has 26 heavy (non-hydrogen) atoms. The fourth-order valence-corrected chi connectivity index (χ4v) is 4.48. The molecule has 1 fully saturated rings. The maximum Gasteiger partial charge on any atom is 0.281 e. The van der Waals surface area contributed by atoms with Gasteiger partial charge in [-0.15, -0.1) is 0 Å². The minimum atomic E-state index is -3.46. The van der Waals surface area contributed by atoms with E-state index in [-0.39, 0.29) is 18.4 Å². The maximum absolute atomic E-state index is 12.6. The summed E-state index contributed by atoms with van der Waals surface area (Å²) >= 11 is 0. The Balaban J connectivity index is 1.88. The molecular weight excluding hydrogens is 350 g/mol. The van der Waals surface area contributed by atoms with Crippen LogP contribution < -0.4 is 5.32 Å². The molecule has 0 bridgehead atoms. The first-order chi connectivity index (χ1) is 12.3. The van der Waals surface area contributed by atoms with E-state index in [4.69, 9.17) is 0 Å². The summed E-state index contributed by atoms with van der Waals surface area (Å²) in [7, 11) is -0.412. The molecule has 146 valence electrons. The first-order valence-electron chi connectivity index (χ1n) is 9.33. The number of nitrogens with zero attached hydrogens (tertiary/aromatic N) is 2. The summed E-state index contributed by atoms with van der Waals surface area (Å²) in [6, 6.07) is 10.3. The third-order valence-corrected chi connectivity index (χ3v) is 6.96. The lowest BCUT2D eigenvalue weighted by Crippen LogP contribution is -2.49. The largest absolute Gasteiger partial charge is 0.356 e. The molecule has 1 aliphatic rings. The van der Waals surface area contributed by atoms with E-state index >= 15 is 0 Å². The van der Waals surface area contributed by atoms with Crippen LogP contribution in [-0.2, 0) is 21.4 Å². The molecule has 6 nitrogen and oxygen atoms in total. The average molecular weight is 382 g/mol. The number of carbonyl (C=O) groups is 1. The van der Waals surface area contributed by atoms with Crippen molar-refractivity contribution < 1.29 is 13.2 Å². The van der Waals surface area contributed by atoms with E-state index in [0.29, 0.717) is 25.4 Å². The second-order valence-corrected chi connectivity index (χ2v) is 9.34. The molecule has 1 saturated heterocycles. The number of carbonyl (C=O) groups excluding carboxylic acids is 1. The van der Waals surface area contributed by atoms with Crippen LogP contribution in [0.3, 0.4) is 0 Å². The van der Waals surface area contributed by atoms with Gasteiger partial charge in [0.2, 0.25) is 5.91 Å². The van der Waals surface area contributed by atoms with Gasteiger partial charge in [-0.05, 0) is 30.7 Å². The Hall–Kier alpha value is -1.44. The van der Waals surface area contributed by atoms with Gasteiger partial charge in [0.25, 0.3) is 10.2 Å². The molecule has 0 aliphatic carbocycles. The van der Waals surface area contributed by atoms with E-state index in [1.807, 2.05) is 18.2 Å². The summed E-state index contributed by atoms with van der Waals surface area (Å²) in [5.41, 5.74) is 1.27. The number of rotatable bonds is 8. The molecule has 0 aromatic heterocycles. The third kappa shape index (κ3) is 5.53. The van der Waals surface area contributed by atoms with Crippen LogP contribution in [0.4, 0.5) is 0 Å². The van der Waals surface area contributed by atoms with Crippen LogP contribution in [-0.4, -0.2) is 56.7 Å². The lowest BCUT2D eigenvalue weighted by atomic mass is 9.95. The Morgan fingerprint density at radius 1 is 1.31 bits per heavy atom. The smallest absolute Gasteiger partial charge is 0.281 e. The summed E-state index contributed by atoms with van der Waals surface area (Å²) in [5.74, 6) is 0.0782. The molecule has 1 aliphatic heterocycles. The zero-order chi connectivity index (χ0) is 19.2. The van der Waals surface area contributed by atoms with Crippen LogP contribution in [0.2, 0.25) is 0 Å². The highest BCUT2D eigenvalue weighted by molar-refractivity contribution is 7.86. The lowest BCUT2D eigenvalue weighted by molar-refractivity contribution is -0.126. The van der Waals surface area contributed by atoms with Crippen molar-refractivity contribution in [3.05, 3.63) is 35.9 Å². The zero-order valence-electron chi connectivity index (χ0n) is 16.0. The highest BCUT2D eigenvalue weighted by Crippen LogP contribution is 2.20. The molecule has 2 atom stereocenters. The molecule has 1 N–H and O–H groups in total. The van der Waals surface area contributed by atoms with Crippen molar-refractivity contribution in [2.45, 2.75) is 32.6 Å². The molecule has 0 saturated carbocycles. The van der Waals surface area contributed by atoms with Crippen molar-refractivity contribution in [3.8, 4) is 0 Å². The van der Waals surface area contributed by atoms with Crippen LogP contribution in [0, 0.1) is 11.8 Å². The van der Waals surface area contributed by atoms with E-state index in [9.17, 15) is 13.2 Å². The van der Waals surface area contributed by atoms with Gasteiger partial charge in [-0.2, -0.15) is 17.0 Å². The number of nitrogens with one attached hydrogen (secondary N) is 1. The minimum Gasteiger partial charge on any atom is -0.356 e. The molecule has 1 amide bonds. The lowest BCUT2D eigenvalue weighted by Gasteiger charge is -2.33. The maximum atomic E-state index is 12.6. The second kappa shape index (κ2) is 9.48. The molecule has 0 radical (unpaired) electrons. The monoisotopic (exact) mass is 381 g/mol. The molecule has 1 aromatic carbocycles. The average Bonchev–Trinajstić information content (AvgIpc) is 2.65. The topological polar surface area (TPSA) is 69.7 Å². The van der Waals surface area contributed by atoms with Gasteiger partial charge < -0.3 is 5.32 Å². The quantitative estimate of drug-likeness (QED) is 0.748. The summed E-state index contributed by atoms with van der Waals surface area (Å²) < 4.78 is 27.2. The Labute approximate surface area is 157 Å². The fourth-order valence-electron chi connectivity index (χ4n) is 3.29. The fraction of sp³-hybridized carbons (Fsp3) is 0.632. The van der Waals surface area contributed by atoms with E-state index in [1.165, 1.54) is 28.3 Å². The van der Waals surface area contributed by atoms with Crippen LogP contribution in [0.25, 0.3) is 0 Å². The van der Waals surface area contributed by atoms with Crippen molar-refractivity contribution in [3.63, 3.8) is 0 Å². The van der Waals surface area contributed by atoms with Gasteiger partial charge in [-0.25, -0.2) is 0 Å². The van der Waals surface area contributed by atoms with Crippen LogP contribution >= 0.6 is 0 Å². The predicted molar refractivity (Wildman–Crippen MR) is 104 cm³/mol. The van der Waals surface area contributed by atoms with Gasteiger partial charge >= 0.3 is 0 Å². The standard InChI is InChI=1S/C19H31N3O3S/c1-4-16(13-17-9-6-5-7-10-17)14-20-19(23)18-11-8-12-22(15-18)26(24,25)21(2)3/h5-7,9-10,16,18H,4,8,11-15H2,1-3H3,(H,20,23). The Bertz CT molecular complexity index is 677. The highest BCUT2D eigenvalue weighted by atomic mass is 32.2. The molecule has 0 spiro atoms. The number of hydrogen-bond donors (Lipinski definition) is 1. The molecule has 7 heteroatoms. The van der Waals surface area contributed by atoms with Gasteiger partial charge in [-0.3, -0.25) is 4.79 Å². The van der Waals surface area contributed by atoms with Gasteiger partial charge in [-0.1, -0.05) is 43.7 Å². The van der Waals surface area contributed by atoms with Crippen molar-refractivity contribution in [2.24, 2.45) is 11.8 Å². The van der Waals surface area contributed by atoms with Gasteiger partial charge in [0.15, 0.2) is 0 Å². The number of amides is 1. The van der Waals surface area contributed by atoms with E-state index in [1.54, 1.807) is 0 Å². The molecule has 2 rings (SSSR count). The van der Waals surface area contributed by atoms with E-state index < -0.39 is 10.2 Å². The second-order valence-electron chi connectivity index (χ2n) is 7.20. The normalized spacial score (nSPS) is 20.1. The van der Waals surface area contributed by atoms with Crippen LogP contribution in [0.5, 0.6) is 0 Å². The Morgan fingerprint density at radius 3 is 2.62 bits per heavy atom. The predicted octanol–water partition coefficient (Wildman–Crippen LogP) is 1.89. The molecule has 2 unspecified atom stereocenters. The summed E-state index contributed by atoms with van der Waals surface area (Å²) in [6.07, 6.45) is 3.37. The number of piperidine rings is 1. The Kier molecular flexibility index (Phi) is 7.61. The summed E-state index contributed by atoms with van der Waals surface area (Å²) in [4.78, 5) is 12.6. The third-order valence-electron chi connectivity index (χ3n) is 5.05. The van der Waals surface area contributed by atoms with Crippen molar-refractivity contribution in [1.29, 1.82) is 0 Å². The minimum absolute atomic E-state index is 0.0323. The van der Waals surface area contributed by atoms with Crippen molar-refractivity contribution in [2.75, 3.05) is 33.7 Å². The molecular formula is C19H31N3O3S. The van der Waals surface area contributed by atoms with Crippen molar-refractivity contribution in [1.82, 2.24) is 13.9 Å². The number of hydrogen-bond acceptors (Lipinski definition) is 3. The van der Waals surface area contributed by atoms with E-state index in [2.05, 4.69) is 24.4 Å². The van der Waals surface area contributed by atoms with Gasteiger partial charge in [0.1, 0.15) is 0 Å². The van der Waals surface area contributed by atoms with Crippen LogP contribution in [0.1, 0.15) is 31.7 Å². The van der Waals surface area contributed by atoms with Crippen LogP contribution in [0.15, 0.2) is 30.3 Å². The summed E-state index contributed by atoms with van der Waals surface area (Å²) in [6.45, 7) is 3.50. The Morgan fingerprint density at radius 2 is 2.00 bits per heavy atom. The number of benzene rings is 1. The molecule has 1 aromatic rings. The SMILES string of the molecule is CCC(CNC(=O)C1CCCN(S(=O)(=O)N(C)C)C1)Cc1ccccc1. The first kappa shape index (κ1) is 20.9. The van der Waals surface area contributed by atoms with Crippen molar-refractivity contribution >= 4 is 16.1 Å². The van der Waals surface area contributed by atoms with E-state index in [0.717, 1.165) is 19.3 Å². The van der Waals surface area contributed by atoms with Gasteiger partial charge in [0, 0.05) is 33.7 Å². The zero-order valence-corrected chi connectivity index (χ0v) is 16.8. The summed E-state index contributed by atoms with van der Waals surface area (Å²) in [5, 5.41) is 3.05.